The first kappa shape index (κ1) is 33.6. The van der Waals surface area contributed by atoms with Crippen molar-refractivity contribution in [3.05, 3.63) is 95.8 Å². The Morgan fingerprint density at radius 1 is 0.756 bits per heavy atom. The topological polar surface area (TPSA) is 96.5 Å². The second-order valence-electron chi connectivity index (χ2n) is 11.8. The second kappa shape index (κ2) is 17.9. The van der Waals surface area contributed by atoms with Crippen molar-refractivity contribution < 1.29 is 19.2 Å². The Morgan fingerprint density at radius 2 is 1.40 bits per heavy atom. The van der Waals surface area contributed by atoms with E-state index in [-0.39, 0.29) is 6.54 Å². The minimum absolute atomic E-state index is 0.280. The number of hydrogen-bond donors (Lipinski definition) is 1. The molecule has 7 heteroatoms. The van der Waals surface area contributed by atoms with Crippen molar-refractivity contribution in [3.63, 3.8) is 0 Å². The van der Waals surface area contributed by atoms with Crippen LogP contribution < -0.4 is 0 Å². The number of nitrogens with zero attached hydrogens (tertiary/aromatic N) is 3. The van der Waals surface area contributed by atoms with Gasteiger partial charge in [-0.2, -0.15) is 4.98 Å². The molecule has 1 N–H and O–H groups in total. The van der Waals surface area contributed by atoms with Crippen molar-refractivity contribution in [3.8, 4) is 22.6 Å². The molecule has 0 saturated carbocycles. The van der Waals surface area contributed by atoms with E-state index >= 15 is 0 Å². The maximum Gasteiger partial charge on any atom is 0.394 e. The van der Waals surface area contributed by atoms with Gasteiger partial charge in [-0.05, 0) is 53.6 Å². The smallest absolute Gasteiger partial charge is 0.394 e. The van der Waals surface area contributed by atoms with Crippen molar-refractivity contribution in [2.24, 2.45) is 0 Å². The maximum atomic E-state index is 12.9. The average molecular weight is 610 g/mol. The number of unbranched alkanes of at least 4 members (excludes halogenated alkanes) is 8. The molecule has 45 heavy (non-hydrogen) atoms. The minimum atomic E-state index is -1.46. The number of aliphatic carboxylic acids is 1. The van der Waals surface area contributed by atoms with Crippen LogP contribution in [0.2, 0.25) is 0 Å². The molecule has 1 aromatic heterocycles. The summed E-state index contributed by atoms with van der Waals surface area (Å²) >= 11 is 0. The summed E-state index contributed by atoms with van der Waals surface area (Å²) in [7, 11) is 0. The average Bonchev–Trinajstić information content (AvgIpc) is 3.55. The summed E-state index contributed by atoms with van der Waals surface area (Å²) in [5.74, 6) is -1.23. The van der Waals surface area contributed by atoms with Crippen LogP contribution in [-0.4, -0.2) is 38.6 Å². The molecule has 0 aliphatic carbocycles. The summed E-state index contributed by atoms with van der Waals surface area (Å²) in [5.41, 5.74) is 4.87. The van der Waals surface area contributed by atoms with Gasteiger partial charge < -0.3 is 14.5 Å². The third-order valence-electron chi connectivity index (χ3n) is 8.40. The first-order chi connectivity index (χ1) is 22.0. The second-order valence-corrected chi connectivity index (χ2v) is 11.8. The molecule has 1 atom stereocenters. The van der Waals surface area contributed by atoms with Crippen molar-refractivity contribution in [1.29, 1.82) is 0 Å². The molecular weight excluding hydrogens is 562 g/mol. The van der Waals surface area contributed by atoms with Crippen LogP contribution in [0.1, 0.15) is 101 Å². The fraction of sp³-hybridized carbons (Fsp3) is 0.421. The first-order valence-corrected chi connectivity index (χ1v) is 16.6. The molecule has 4 aromatic rings. The highest BCUT2D eigenvalue weighted by Gasteiger charge is 2.29. The normalized spacial score (nSPS) is 11.8. The Kier molecular flexibility index (Phi) is 13.4. The van der Waals surface area contributed by atoms with Gasteiger partial charge in [0.05, 0.1) is 6.04 Å². The molecule has 4 rings (SSSR count). The zero-order chi connectivity index (χ0) is 31.9. The van der Waals surface area contributed by atoms with E-state index in [0.717, 1.165) is 47.1 Å². The largest absolute Gasteiger partial charge is 0.474 e. The van der Waals surface area contributed by atoms with Gasteiger partial charge in [0.15, 0.2) is 5.82 Å². The summed E-state index contributed by atoms with van der Waals surface area (Å²) in [6.45, 7) is 4.49. The van der Waals surface area contributed by atoms with E-state index < -0.39 is 17.9 Å². The Hall–Kier alpha value is -4.26. The summed E-state index contributed by atoms with van der Waals surface area (Å²) in [5, 5.41) is 13.9. The highest BCUT2D eigenvalue weighted by Crippen LogP contribution is 2.29. The minimum Gasteiger partial charge on any atom is -0.474 e. The van der Waals surface area contributed by atoms with Crippen LogP contribution >= 0.6 is 0 Å². The van der Waals surface area contributed by atoms with Gasteiger partial charge in [0.2, 0.25) is 0 Å². The lowest BCUT2D eigenvalue weighted by Crippen LogP contribution is -2.40. The van der Waals surface area contributed by atoms with Gasteiger partial charge >= 0.3 is 11.9 Å². The summed E-state index contributed by atoms with van der Waals surface area (Å²) in [4.78, 5) is 30.9. The number of aryl methyl sites for hydroxylation is 1. The summed E-state index contributed by atoms with van der Waals surface area (Å²) in [6.07, 6.45) is 13.2. The molecule has 238 valence electrons. The van der Waals surface area contributed by atoms with Crippen LogP contribution in [0.5, 0.6) is 0 Å². The van der Waals surface area contributed by atoms with E-state index in [1.54, 1.807) is 0 Å². The van der Waals surface area contributed by atoms with E-state index in [9.17, 15) is 14.7 Å². The van der Waals surface area contributed by atoms with Gasteiger partial charge in [-0.25, -0.2) is 4.79 Å². The summed E-state index contributed by atoms with van der Waals surface area (Å²) in [6, 6.07) is 25.6. The lowest BCUT2D eigenvalue weighted by Gasteiger charge is -2.30. The fourth-order valence-electron chi connectivity index (χ4n) is 5.85. The Morgan fingerprint density at radius 3 is 2.07 bits per heavy atom. The zero-order valence-electron chi connectivity index (χ0n) is 26.8. The molecule has 0 aliphatic rings. The van der Waals surface area contributed by atoms with Crippen molar-refractivity contribution in [1.82, 2.24) is 15.0 Å². The maximum absolute atomic E-state index is 12.9. The molecule has 0 bridgehead atoms. The monoisotopic (exact) mass is 609 g/mol. The van der Waals surface area contributed by atoms with E-state index in [1.807, 2.05) is 61.5 Å². The lowest BCUT2D eigenvalue weighted by atomic mass is 9.99. The van der Waals surface area contributed by atoms with Crippen LogP contribution in [0.15, 0.2) is 83.4 Å². The van der Waals surface area contributed by atoms with Gasteiger partial charge in [-0.3, -0.25) is 4.79 Å². The fourth-order valence-corrected chi connectivity index (χ4v) is 5.85. The predicted octanol–water partition coefficient (Wildman–Crippen LogP) is 9.08. The van der Waals surface area contributed by atoms with Crippen LogP contribution in [0, 0.1) is 0 Å². The van der Waals surface area contributed by atoms with Crippen LogP contribution in [-0.2, 0) is 22.4 Å². The molecule has 0 aliphatic heterocycles. The molecule has 0 fully saturated rings. The molecule has 0 spiro atoms. The van der Waals surface area contributed by atoms with E-state index in [1.165, 1.54) is 49.8 Å². The molecule has 1 amide bonds. The standard InChI is InChI=1S/C38H47N3O4/c1-3-5-6-7-8-9-10-11-15-21-35-39-36(45-40-35)33-20-16-19-32(28-33)34(4-2)41(37(42)38(43)44)27-26-29-22-24-31(25-23-29)30-17-13-12-14-18-30/h12-14,16-20,22-25,28,34H,3-11,15,21,26-27H2,1-2H3,(H,43,44). The van der Waals surface area contributed by atoms with Crippen LogP contribution in [0.25, 0.3) is 22.6 Å². The molecule has 0 saturated heterocycles. The molecule has 1 unspecified atom stereocenters. The van der Waals surface area contributed by atoms with E-state index in [4.69, 9.17) is 4.52 Å². The number of aromatic nitrogens is 2. The quantitative estimate of drug-likeness (QED) is 0.0893. The highest BCUT2D eigenvalue weighted by atomic mass is 16.5. The Labute approximate surface area is 267 Å². The van der Waals surface area contributed by atoms with E-state index in [2.05, 4.69) is 41.3 Å². The molecule has 3 aromatic carbocycles. The first-order valence-electron chi connectivity index (χ1n) is 16.6. The van der Waals surface area contributed by atoms with E-state index in [0.29, 0.717) is 24.6 Å². The third kappa shape index (κ3) is 10.1. The van der Waals surface area contributed by atoms with Gasteiger partial charge in [0.1, 0.15) is 0 Å². The highest BCUT2D eigenvalue weighted by molar-refractivity contribution is 6.31. The Bertz CT molecular complexity index is 1470. The number of rotatable bonds is 18. The SMILES string of the molecule is CCCCCCCCCCCc1noc(-c2cccc(C(CC)N(CCc3ccc(-c4ccccc4)cc3)C(=O)C(=O)O)c2)n1. The number of amides is 1. The van der Waals surface area contributed by atoms with Crippen LogP contribution in [0.4, 0.5) is 0 Å². The number of carbonyl (C=O) groups excluding carboxylic acids is 1. The number of carboxylic acid groups (broad SMARTS) is 1. The van der Waals surface area contributed by atoms with Gasteiger partial charge in [-0.15, -0.1) is 0 Å². The number of hydrogen-bond acceptors (Lipinski definition) is 5. The van der Waals surface area contributed by atoms with Crippen LogP contribution in [0.3, 0.4) is 0 Å². The van der Waals surface area contributed by atoms with Crippen molar-refractivity contribution >= 4 is 11.9 Å². The summed E-state index contributed by atoms with van der Waals surface area (Å²) < 4.78 is 5.61. The van der Waals surface area contributed by atoms with Gasteiger partial charge in [-0.1, -0.05) is 137 Å². The molecule has 0 radical (unpaired) electrons. The Balaban J connectivity index is 1.38. The molecule has 1 heterocycles. The number of carboxylic acids is 1. The zero-order valence-corrected chi connectivity index (χ0v) is 26.8. The number of benzene rings is 3. The van der Waals surface area contributed by atoms with Crippen molar-refractivity contribution in [2.45, 2.75) is 96.9 Å². The van der Waals surface area contributed by atoms with Gasteiger partial charge in [0, 0.05) is 18.5 Å². The predicted molar refractivity (Wildman–Crippen MR) is 179 cm³/mol. The lowest BCUT2D eigenvalue weighted by molar-refractivity contribution is -0.157. The van der Waals surface area contributed by atoms with Crippen molar-refractivity contribution in [2.75, 3.05) is 6.54 Å². The third-order valence-corrected chi connectivity index (χ3v) is 8.40. The number of carbonyl (C=O) groups is 2. The molecular formula is C38H47N3O4. The van der Waals surface area contributed by atoms with Gasteiger partial charge in [0.25, 0.3) is 5.89 Å². The molecule has 7 nitrogen and oxygen atoms in total.